The summed E-state index contributed by atoms with van der Waals surface area (Å²) in [5.41, 5.74) is 0.318. The normalized spacial score (nSPS) is 27.0. The Balaban J connectivity index is 2.50. The van der Waals surface area contributed by atoms with Gasteiger partial charge in [0, 0.05) is 37.0 Å². The minimum atomic E-state index is 0.318. The number of nitrogens with one attached hydrogen (secondary N) is 1. The van der Waals surface area contributed by atoms with Crippen LogP contribution in [0.2, 0.25) is 0 Å². The van der Waals surface area contributed by atoms with Crippen LogP contribution in [0.4, 0.5) is 0 Å². The summed E-state index contributed by atoms with van der Waals surface area (Å²) in [7, 11) is 0. The van der Waals surface area contributed by atoms with Crippen molar-refractivity contribution in [3.63, 3.8) is 0 Å². The maximum Gasteiger partial charge on any atom is 0.0278 e. The van der Waals surface area contributed by atoms with E-state index in [-0.39, 0.29) is 0 Å². The summed E-state index contributed by atoms with van der Waals surface area (Å²) in [6.45, 7) is 15.2. The average molecular weight is 258 g/mol. The van der Waals surface area contributed by atoms with E-state index in [2.05, 4.69) is 56.6 Å². The van der Waals surface area contributed by atoms with Gasteiger partial charge in [0.15, 0.2) is 0 Å². The third kappa shape index (κ3) is 4.46. The topological polar surface area (TPSA) is 15.3 Å². The molecule has 0 amide bonds. The molecular weight excluding hydrogens is 228 g/mol. The number of rotatable bonds is 6. The van der Waals surface area contributed by atoms with E-state index in [9.17, 15) is 0 Å². The smallest absolute Gasteiger partial charge is 0.0278 e. The first-order valence-corrected chi connectivity index (χ1v) is 8.23. The van der Waals surface area contributed by atoms with E-state index < -0.39 is 0 Å². The maximum absolute atomic E-state index is 3.73. The van der Waals surface area contributed by atoms with Gasteiger partial charge >= 0.3 is 0 Å². The summed E-state index contributed by atoms with van der Waals surface area (Å²) in [4.78, 5) is 2.68. The van der Waals surface area contributed by atoms with Crippen LogP contribution in [0.3, 0.4) is 0 Å². The molecule has 0 saturated carbocycles. The molecule has 0 spiro atoms. The molecule has 1 aliphatic heterocycles. The lowest BCUT2D eigenvalue weighted by atomic mass is 9.91. The molecule has 0 aromatic heterocycles. The van der Waals surface area contributed by atoms with Gasteiger partial charge in [-0.1, -0.05) is 27.2 Å². The molecular formula is C14H30N2S. The molecule has 2 atom stereocenters. The van der Waals surface area contributed by atoms with Gasteiger partial charge in [-0.05, 0) is 25.5 Å². The summed E-state index contributed by atoms with van der Waals surface area (Å²) in [6.07, 6.45) is 1.27. The lowest BCUT2D eigenvalue weighted by molar-refractivity contribution is 0.0581. The van der Waals surface area contributed by atoms with E-state index in [1.165, 1.54) is 31.0 Å². The molecule has 1 fully saturated rings. The van der Waals surface area contributed by atoms with Crippen molar-refractivity contribution in [2.45, 2.75) is 52.6 Å². The molecule has 1 heterocycles. The molecule has 1 saturated heterocycles. The lowest BCUT2D eigenvalue weighted by Crippen LogP contribution is -2.63. The molecule has 2 nitrogen and oxygen atoms in total. The highest BCUT2D eigenvalue weighted by molar-refractivity contribution is 7.99. The van der Waals surface area contributed by atoms with E-state index >= 15 is 0 Å². The summed E-state index contributed by atoms with van der Waals surface area (Å²) in [5, 5.41) is 3.73. The summed E-state index contributed by atoms with van der Waals surface area (Å²) >= 11 is 2.06. The molecule has 2 unspecified atom stereocenters. The van der Waals surface area contributed by atoms with E-state index in [0.717, 1.165) is 12.5 Å². The Labute approximate surface area is 112 Å². The molecule has 102 valence electrons. The highest BCUT2D eigenvalue weighted by atomic mass is 32.2. The van der Waals surface area contributed by atoms with Gasteiger partial charge in [-0.25, -0.2) is 0 Å². The third-order valence-electron chi connectivity index (χ3n) is 4.11. The second kappa shape index (κ2) is 7.01. The zero-order valence-electron chi connectivity index (χ0n) is 12.3. The van der Waals surface area contributed by atoms with Crippen LogP contribution >= 0.6 is 11.8 Å². The first kappa shape index (κ1) is 15.3. The van der Waals surface area contributed by atoms with Crippen LogP contribution in [-0.2, 0) is 0 Å². The molecule has 17 heavy (non-hydrogen) atoms. The van der Waals surface area contributed by atoms with Crippen molar-refractivity contribution < 1.29 is 0 Å². The second-order valence-electron chi connectivity index (χ2n) is 5.83. The first-order valence-electron chi connectivity index (χ1n) is 7.07. The predicted octanol–water partition coefficient (Wildman–Crippen LogP) is 2.84. The van der Waals surface area contributed by atoms with Crippen molar-refractivity contribution in [1.82, 2.24) is 10.2 Å². The number of piperazine rings is 1. The number of nitrogens with zero attached hydrogens (tertiary/aromatic N) is 1. The Morgan fingerprint density at radius 3 is 2.71 bits per heavy atom. The highest BCUT2D eigenvalue weighted by Gasteiger charge is 2.34. The summed E-state index contributed by atoms with van der Waals surface area (Å²) in [5.74, 6) is 3.29. The predicted molar refractivity (Wildman–Crippen MR) is 79.9 cm³/mol. The molecule has 0 aliphatic carbocycles. The Morgan fingerprint density at radius 1 is 1.41 bits per heavy atom. The van der Waals surface area contributed by atoms with Gasteiger partial charge in [0.25, 0.3) is 0 Å². The molecule has 0 aromatic carbocycles. The fourth-order valence-electron chi connectivity index (χ4n) is 2.42. The van der Waals surface area contributed by atoms with Gasteiger partial charge in [-0.2, -0.15) is 11.8 Å². The van der Waals surface area contributed by atoms with E-state index in [1.54, 1.807) is 0 Å². The van der Waals surface area contributed by atoms with E-state index in [4.69, 9.17) is 0 Å². The van der Waals surface area contributed by atoms with Crippen LogP contribution in [0.1, 0.15) is 41.0 Å². The average Bonchev–Trinajstić information content (AvgIpc) is 2.30. The second-order valence-corrected chi connectivity index (χ2v) is 7.22. The summed E-state index contributed by atoms with van der Waals surface area (Å²) in [6, 6.07) is 0.680. The van der Waals surface area contributed by atoms with Gasteiger partial charge in [-0.15, -0.1) is 0 Å². The minimum absolute atomic E-state index is 0.318. The molecule has 1 aliphatic rings. The largest absolute Gasteiger partial charge is 0.311 e. The number of thioether (sulfide) groups is 1. The fraction of sp³-hybridized carbons (Fsp3) is 1.00. The molecule has 1 rings (SSSR count). The third-order valence-corrected chi connectivity index (χ3v) is 4.99. The van der Waals surface area contributed by atoms with Gasteiger partial charge in [-0.3, -0.25) is 4.90 Å². The zero-order chi connectivity index (χ0) is 12.9. The van der Waals surface area contributed by atoms with Crippen LogP contribution in [0.25, 0.3) is 0 Å². The first-order chi connectivity index (χ1) is 8.01. The molecule has 0 bridgehead atoms. The van der Waals surface area contributed by atoms with Crippen molar-refractivity contribution in [3.8, 4) is 0 Å². The summed E-state index contributed by atoms with van der Waals surface area (Å²) < 4.78 is 0. The van der Waals surface area contributed by atoms with Crippen molar-refractivity contribution in [2.24, 2.45) is 5.92 Å². The number of hydrogen-bond donors (Lipinski definition) is 1. The van der Waals surface area contributed by atoms with Crippen LogP contribution in [0.5, 0.6) is 0 Å². The van der Waals surface area contributed by atoms with Crippen LogP contribution < -0.4 is 5.32 Å². The van der Waals surface area contributed by atoms with Gasteiger partial charge < -0.3 is 5.32 Å². The van der Waals surface area contributed by atoms with Crippen molar-refractivity contribution >= 4 is 11.8 Å². The molecule has 3 heteroatoms. The van der Waals surface area contributed by atoms with Gasteiger partial charge in [0.2, 0.25) is 0 Å². The highest BCUT2D eigenvalue weighted by Crippen LogP contribution is 2.22. The molecule has 1 N–H and O–H groups in total. The SMILES string of the molecule is CCSCCN1CC(C(C)CC)NCC1(C)C. The Bertz CT molecular complexity index is 218. The van der Waals surface area contributed by atoms with Gasteiger partial charge in [0.1, 0.15) is 0 Å². The van der Waals surface area contributed by atoms with Crippen molar-refractivity contribution in [3.05, 3.63) is 0 Å². The quantitative estimate of drug-likeness (QED) is 0.738. The van der Waals surface area contributed by atoms with Crippen LogP contribution in [-0.4, -0.2) is 47.6 Å². The van der Waals surface area contributed by atoms with Crippen molar-refractivity contribution in [1.29, 1.82) is 0 Å². The van der Waals surface area contributed by atoms with Gasteiger partial charge in [0.05, 0.1) is 0 Å². The van der Waals surface area contributed by atoms with E-state index in [1.807, 2.05) is 0 Å². The Morgan fingerprint density at radius 2 is 2.12 bits per heavy atom. The van der Waals surface area contributed by atoms with Crippen LogP contribution in [0.15, 0.2) is 0 Å². The lowest BCUT2D eigenvalue weighted by Gasteiger charge is -2.47. The number of hydrogen-bond acceptors (Lipinski definition) is 3. The standard InChI is InChI=1S/C14H30N2S/c1-6-12(3)13-10-16(8-9-17-7-2)14(4,5)11-15-13/h12-13,15H,6-11H2,1-5H3. The van der Waals surface area contributed by atoms with E-state index in [0.29, 0.717) is 11.6 Å². The van der Waals surface area contributed by atoms with Crippen LogP contribution in [0, 0.1) is 5.92 Å². The molecule has 0 aromatic rings. The minimum Gasteiger partial charge on any atom is -0.311 e. The molecule has 0 radical (unpaired) electrons. The van der Waals surface area contributed by atoms with Crippen molar-refractivity contribution in [2.75, 3.05) is 31.1 Å². The Kier molecular flexibility index (Phi) is 6.32. The zero-order valence-corrected chi connectivity index (χ0v) is 13.1. The Hall–Kier alpha value is 0.270. The maximum atomic E-state index is 3.73. The monoisotopic (exact) mass is 258 g/mol. The fourth-order valence-corrected chi connectivity index (χ4v) is 3.06.